The summed E-state index contributed by atoms with van der Waals surface area (Å²) in [6.45, 7) is 8.24. The second kappa shape index (κ2) is 6.52. The molecule has 2 rings (SSSR count). The monoisotopic (exact) mass is 274 g/mol. The Kier molecular flexibility index (Phi) is 4.74. The Bertz CT molecular complexity index is 563. The molecule has 20 heavy (non-hydrogen) atoms. The summed E-state index contributed by atoms with van der Waals surface area (Å²) in [6, 6.07) is 3.95. The zero-order valence-electron chi connectivity index (χ0n) is 12.6. The summed E-state index contributed by atoms with van der Waals surface area (Å²) < 4.78 is 7.36. The molecular formula is C15H22N4O. The maximum absolute atomic E-state index is 5.66. The Morgan fingerprint density at radius 3 is 2.75 bits per heavy atom. The minimum absolute atomic E-state index is 0.600. The molecule has 2 heterocycles. The topological polar surface area (TPSA) is 52.0 Å². The Morgan fingerprint density at radius 1 is 1.35 bits per heavy atom. The fourth-order valence-corrected chi connectivity index (χ4v) is 1.88. The Morgan fingerprint density at radius 2 is 2.15 bits per heavy atom. The van der Waals surface area contributed by atoms with Gasteiger partial charge >= 0.3 is 0 Å². The highest BCUT2D eigenvalue weighted by Gasteiger charge is 2.05. The predicted octanol–water partition coefficient (Wildman–Crippen LogP) is 2.66. The van der Waals surface area contributed by atoms with Gasteiger partial charge < -0.3 is 10.1 Å². The van der Waals surface area contributed by atoms with Crippen LogP contribution in [0.1, 0.15) is 25.1 Å². The minimum atomic E-state index is 0.600. The molecule has 0 aliphatic heterocycles. The first-order chi connectivity index (χ1) is 9.54. The number of hydrogen-bond acceptors (Lipinski definition) is 4. The smallest absolute Gasteiger partial charge is 0.219 e. The van der Waals surface area contributed by atoms with Crippen molar-refractivity contribution in [3.05, 3.63) is 35.8 Å². The van der Waals surface area contributed by atoms with Crippen LogP contribution in [-0.2, 0) is 13.6 Å². The predicted molar refractivity (Wildman–Crippen MR) is 78.8 cm³/mol. The lowest BCUT2D eigenvalue weighted by atomic mass is 10.2. The zero-order chi connectivity index (χ0) is 14.5. The van der Waals surface area contributed by atoms with E-state index in [0.29, 0.717) is 17.5 Å². The van der Waals surface area contributed by atoms with Crippen LogP contribution in [0.4, 0.5) is 0 Å². The van der Waals surface area contributed by atoms with Crippen LogP contribution < -0.4 is 10.1 Å². The van der Waals surface area contributed by atoms with Gasteiger partial charge in [0.25, 0.3) is 0 Å². The highest BCUT2D eigenvalue weighted by Crippen LogP contribution is 2.19. The Labute approximate surface area is 120 Å². The normalized spacial score (nSPS) is 11.1. The van der Waals surface area contributed by atoms with Gasteiger partial charge in [-0.05, 0) is 24.9 Å². The van der Waals surface area contributed by atoms with Crippen LogP contribution in [0, 0.1) is 12.8 Å². The molecule has 108 valence electrons. The second-order valence-corrected chi connectivity index (χ2v) is 5.37. The number of pyridine rings is 1. The quantitative estimate of drug-likeness (QED) is 0.880. The van der Waals surface area contributed by atoms with E-state index in [0.717, 1.165) is 18.8 Å². The molecule has 0 spiro atoms. The second-order valence-electron chi connectivity index (χ2n) is 5.37. The van der Waals surface area contributed by atoms with Crippen molar-refractivity contribution >= 4 is 0 Å². The van der Waals surface area contributed by atoms with Gasteiger partial charge in [0.15, 0.2) is 5.75 Å². The number of nitrogens with zero attached hydrogens (tertiary/aromatic N) is 3. The van der Waals surface area contributed by atoms with Crippen molar-refractivity contribution in [1.82, 2.24) is 20.1 Å². The molecular weight excluding hydrogens is 252 g/mol. The first kappa shape index (κ1) is 14.5. The molecule has 0 atom stereocenters. The maximum Gasteiger partial charge on any atom is 0.219 e. The molecule has 0 aliphatic rings. The van der Waals surface area contributed by atoms with Crippen LogP contribution in [0.2, 0.25) is 0 Å². The van der Waals surface area contributed by atoms with E-state index in [9.17, 15) is 0 Å². The third-order valence-corrected chi connectivity index (χ3v) is 2.94. The molecule has 0 saturated carbocycles. The number of aryl methyl sites for hydroxylation is 2. The molecule has 0 amide bonds. The van der Waals surface area contributed by atoms with E-state index < -0.39 is 0 Å². The molecule has 1 N–H and O–H groups in total. The summed E-state index contributed by atoms with van der Waals surface area (Å²) in [6.07, 6.45) is 3.49. The van der Waals surface area contributed by atoms with Crippen molar-refractivity contribution in [3.63, 3.8) is 0 Å². The van der Waals surface area contributed by atoms with Gasteiger partial charge in [0.2, 0.25) is 5.88 Å². The van der Waals surface area contributed by atoms with Crippen molar-refractivity contribution in [2.45, 2.75) is 27.3 Å². The van der Waals surface area contributed by atoms with Crippen molar-refractivity contribution in [2.75, 3.05) is 6.54 Å². The Hall–Kier alpha value is -1.88. The number of rotatable bonds is 6. The Balaban J connectivity index is 1.98. The fraction of sp³-hybridized carbons (Fsp3) is 0.467. The molecule has 2 aromatic heterocycles. The van der Waals surface area contributed by atoms with Gasteiger partial charge in [-0.3, -0.25) is 4.68 Å². The first-order valence-corrected chi connectivity index (χ1v) is 6.88. The van der Waals surface area contributed by atoms with E-state index in [-0.39, 0.29) is 0 Å². The summed E-state index contributed by atoms with van der Waals surface area (Å²) in [4.78, 5) is 4.48. The number of aromatic nitrogens is 3. The van der Waals surface area contributed by atoms with E-state index in [1.807, 2.05) is 26.2 Å². The van der Waals surface area contributed by atoms with Gasteiger partial charge in [0.05, 0.1) is 12.4 Å². The summed E-state index contributed by atoms with van der Waals surface area (Å²) in [5.74, 6) is 1.95. The molecule has 5 heteroatoms. The van der Waals surface area contributed by atoms with Gasteiger partial charge in [0, 0.05) is 25.4 Å². The average Bonchev–Trinajstić information content (AvgIpc) is 2.77. The number of nitrogens with one attached hydrogen (secondary N) is 1. The zero-order valence-corrected chi connectivity index (χ0v) is 12.6. The molecule has 0 aromatic carbocycles. The van der Waals surface area contributed by atoms with Crippen LogP contribution in [0.25, 0.3) is 0 Å². The molecule has 2 aromatic rings. The summed E-state index contributed by atoms with van der Waals surface area (Å²) >= 11 is 0. The van der Waals surface area contributed by atoms with Crippen LogP contribution in [0.3, 0.4) is 0 Å². The first-order valence-electron chi connectivity index (χ1n) is 6.88. The summed E-state index contributed by atoms with van der Waals surface area (Å²) in [5.41, 5.74) is 2.19. The lowest BCUT2D eigenvalue weighted by Gasteiger charge is -2.10. The minimum Gasteiger partial charge on any atom is -0.436 e. The SMILES string of the molecule is Cc1nc(Oc2cnn(C)c2)ccc1CNCC(C)C. The third kappa shape index (κ3) is 4.06. The molecule has 0 unspecified atom stereocenters. The molecule has 0 aliphatic carbocycles. The highest BCUT2D eigenvalue weighted by molar-refractivity contribution is 5.28. The van der Waals surface area contributed by atoms with E-state index in [2.05, 4.69) is 35.3 Å². The van der Waals surface area contributed by atoms with Gasteiger partial charge in [-0.25, -0.2) is 4.98 Å². The van der Waals surface area contributed by atoms with E-state index in [1.165, 1.54) is 5.56 Å². The van der Waals surface area contributed by atoms with Crippen molar-refractivity contribution < 1.29 is 4.74 Å². The summed E-state index contributed by atoms with van der Waals surface area (Å²) in [5, 5.41) is 7.48. The summed E-state index contributed by atoms with van der Waals surface area (Å²) in [7, 11) is 1.86. The molecule has 0 fully saturated rings. The third-order valence-electron chi connectivity index (χ3n) is 2.94. The van der Waals surface area contributed by atoms with E-state index in [4.69, 9.17) is 4.74 Å². The number of ether oxygens (including phenoxy) is 1. The van der Waals surface area contributed by atoms with Crippen LogP contribution in [0.5, 0.6) is 11.6 Å². The largest absolute Gasteiger partial charge is 0.436 e. The van der Waals surface area contributed by atoms with Crippen molar-refractivity contribution in [1.29, 1.82) is 0 Å². The van der Waals surface area contributed by atoms with E-state index >= 15 is 0 Å². The van der Waals surface area contributed by atoms with Crippen LogP contribution in [-0.4, -0.2) is 21.3 Å². The van der Waals surface area contributed by atoms with E-state index in [1.54, 1.807) is 10.9 Å². The standard InChI is InChI=1S/C15H22N4O/c1-11(2)7-16-8-13-5-6-15(18-12(13)3)20-14-9-17-19(4)10-14/h5-6,9-11,16H,7-8H2,1-4H3. The highest BCUT2D eigenvalue weighted by atomic mass is 16.5. The molecule has 0 radical (unpaired) electrons. The lowest BCUT2D eigenvalue weighted by Crippen LogP contribution is -2.19. The lowest BCUT2D eigenvalue weighted by molar-refractivity contribution is 0.460. The van der Waals surface area contributed by atoms with Crippen LogP contribution >= 0.6 is 0 Å². The molecule has 0 saturated heterocycles. The van der Waals surface area contributed by atoms with Crippen molar-refractivity contribution in [2.24, 2.45) is 13.0 Å². The van der Waals surface area contributed by atoms with Gasteiger partial charge in [-0.1, -0.05) is 19.9 Å². The van der Waals surface area contributed by atoms with Crippen LogP contribution in [0.15, 0.2) is 24.5 Å². The van der Waals surface area contributed by atoms with Gasteiger partial charge in [0.1, 0.15) is 0 Å². The number of hydrogen-bond donors (Lipinski definition) is 1. The molecule has 5 nitrogen and oxygen atoms in total. The fourth-order valence-electron chi connectivity index (χ4n) is 1.88. The molecule has 0 bridgehead atoms. The van der Waals surface area contributed by atoms with Gasteiger partial charge in [-0.15, -0.1) is 0 Å². The average molecular weight is 274 g/mol. The maximum atomic E-state index is 5.66. The van der Waals surface area contributed by atoms with Gasteiger partial charge in [-0.2, -0.15) is 5.10 Å². The van der Waals surface area contributed by atoms with Crippen molar-refractivity contribution in [3.8, 4) is 11.6 Å².